The van der Waals surface area contributed by atoms with Crippen LogP contribution in [0.25, 0.3) is 11.3 Å². The van der Waals surface area contributed by atoms with Crippen molar-refractivity contribution in [2.45, 2.75) is 33.9 Å². The van der Waals surface area contributed by atoms with E-state index >= 15 is 0 Å². The van der Waals surface area contributed by atoms with Crippen molar-refractivity contribution >= 4 is 51.8 Å². The van der Waals surface area contributed by atoms with Crippen LogP contribution in [0, 0.1) is 11.4 Å². The van der Waals surface area contributed by atoms with Crippen molar-refractivity contribution in [2.24, 2.45) is 5.41 Å². The Bertz CT molecular complexity index is 1450. The number of aromatic nitrogens is 4. The lowest BCUT2D eigenvalue weighted by atomic mass is 9.96. The predicted octanol–water partition coefficient (Wildman–Crippen LogP) is 5.20. The molecule has 0 aromatic carbocycles. The van der Waals surface area contributed by atoms with Gasteiger partial charge < -0.3 is 5.32 Å². The van der Waals surface area contributed by atoms with Crippen LogP contribution < -0.4 is 10.9 Å². The third-order valence-electron chi connectivity index (χ3n) is 4.96. The average molecular weight is 534 g/mol. The minimum absolute atomic E-state index is 0.188. The number of nitrogens with one attached hydrogen (secondary N) is 1. The van der Waals surface area contributed by atoms with E-state index in [-0.39, 0.29) is 22.2 Å². The van der Waals surface area contributed by atoms with Crippen LogP contribution >= 0.6 is 34.3 Å². The first-order chi connectivity index (χ1) is 16.5. The van der Waals surface area contributed by atoms with Gasteiger partial charge >= 0.3 is 0 Å². The van der Waals surface area contributed by atoms with Gasteiger partial charge in [0, 0.05) is 45.6 Å². The summed E-state index contributed by atoms with van der Waals surface area (Å²) in [5, 5.41) is 9.37. The van der Waals surface area contributed by atoms with Gasteiger partial charge in [-0.1, -0.05) is 32.4 Å². The highest BCUT2D eigenvalue weighted by Crippen LogP contribution is 2.27. The van der Waals surface area contributed by atoms with Crippen molar-refractivity contribution in [3.8, 4) is 11.3 Å². The highest BCUT2D eigenvalue weighted by atomic mass is 35.5. The molecule has 0 saturated carbocycles. The summed E-state index contributed by atoms with van der Waals surface area (Å²) in [7, 11) is 0. The molecule has 0 aliphatic carbocycles. The van der Waals surface area contributed by atoms with Gasteiger partial charge in [-0.3, -0.25) is 19.0 Å². The van der Waals surface area contributed by atoms with E-state index in [1.54, 1.807) is 38.3 Å². The first kappa shape index (κ1) is 25.0. The molecular weight excluding hydrogens is 513 g/mol. The quantitative estimate of drug-likeness (QED) is 0.259. The van der Waals surface area contributed by atoms with Crippen LogP contribution in [-0.2, 0) is 13.1 Å². The smallest absolute Gasteiger partial charge is 0.254 e. The molecule has 4 aromatic rings. The number of carbonyl (C=O) groups is 2. The molecule has 0 atom stereocenters. The lowest BCUT2D eigenvalue weighted by Gasteiger charge is -2.18. The molecule has 0 bridgehead atoms. The van der Waals surface area contributed by atoms with Crippen molar-refractivity contribution in [3.05, 3.63) is 72.4 Å². The summed E-state index contributed by atoms with van der Waals surface area (Å²) < 4.78 is 17.5. The van der Waals surface area contributed by atoms with E-state index in [4.69, 9.17) is 11.6 Å². The lowest BCUT2D eigenvalue weighted by Crippen LogP contribution is -2.29. The lowest BCUT2D eigenvalue weighted by molar-refractivity contribution is 0.0752. The minimum atomic E-state index is -0.892. The molecule has 182 valence electrons. The van der Waals surface area contributed by atoms with E-state index in [1.165, 1.54) is 28.3 Å². The van der Waals surface area contributed by atoms with E-state index in [2.05, 4.69) is 15.4 Å². The van der Waals surface area contributed by atoms with Gasteiger partial charge in [-0.2, -0.15) is 14.2 Å². The summed E-state index contributed by atoms with van der Waals surface area (Å²) in [6.45, 7) is 5.22. The predicted molar refractivity (Wildman–Crippen MR) is 135 cm³/mol. The number of hydrogen-bond donors (Lipinski definition) is 1. The number of thiophene rings is 1. The number of ketones is 1. The Kier molecular flexibility index (Phi) is 7.02. The molecule has 4 aromatic heterocycles. The van der Waals surface area contributed by atoms with Gasteiger partial charge in [-0.25, -0.2) is 4.98 Å². The SMILES string of the molecule is CC(C)(C)C(=O)n1nc(-c2cc(F)n(CC(=O)c3nccs3)c(=O)c2)cc1NCc1ccc(Cl)s1. The summed E-state index contributed by atoms with van der Waals surface area (Å²) in [6, 6.07) is 7.54. The fraction of sp³-hybridized carbons (Fsp3) is 0.261. The van der Waals surface area contributed by atoms with E-state index in [9.17, 15) is 18.8 Å². The molecule has 1 N–H and O–H groups in total. The molecule has 35 heavy (non-hydrogen) atoms. The second-order valence-corrected chi connectivity index (χ2v) is 11.4. The van der Waals surface area contributed by atoms with Crippen LogP contribution in [0.5, 0.6) is 0 Å². The molecule has 4 rings (SSSR count). The first-order valence-electron chi connectivity index (χ1n) is 10.5. The van der Waals surface area contributed by atoms with Gasteiger partial charge in [-0.15, -0.1) is 22.7 Å². The number of anilines is 1. The molecule has 0 fully saturated rings. The third-order valence-corrected chi connectivity index (χ3v) is 7.01. The molecule has 0 aliphatic rings. The first-order valence-corrected chi connectivity index (χ1v) is 12.6. The van der Waals surface area contributed by atoms with Crippen molar-refractivity contribution < 1.29 is 14.0 Å². The van der Waals surface area contributed by atoms with Crippen LogP contribution in [0.15, 0.2) is 46.7 Å². The Balaban J connectivity index is 1.66. The third kappa shape index (κ3) is 5.58. The summed E-state index contributed by atoms with van der Waals surface area (Å²) >= 11 is 8.52. The minimum Gasteiger partial charge on any atom is -0.365 e. The number of hydrogen-bond acceptors (Lipinski definition) is 8. The van der Waals surface area contributed by atoms with E-state index in [0.717, 1.165) is 26.8 Å². The Hall–Kier alpha value is -3.15. The fourth-order valence-corrected chi connectivity index (χ4v) is 4.78. The monoisotopic (exact) mass is 533 g/mol. The molecule has 0 amide bonds. The molecule has 0 spiro atoms. The van der Waals surface area contributed by atoms with Gasteiger partial charge in [0.1, 0.15) is 5.82 Å². The summed E-state index contributed by atoms with van der Waals surface area (Å²) in [6.07, 6.45) is 1.47. The Morgan fingerprint density at radius 1 is 1.20 bits per heavy atom. The molecule has 4 heterocycles. The molecule has 0 aliphatic heterocycles. The maximum absolute atomic E-state index is 14.9. The van der Waals surface area contributed by atoms with Crippen LogP contribution in [-0.4, -0.2) is 31.0 Å². The largest absolute Gasteiger partial charge is 0.365 e. The number of halogens is 2. The van der Waals surface area contributed by atoms with E-state index in [1.807, 2.05) is 6.07 Å². The molecule has 8 nitrogen and oxygen atoms in total. The molecule has 0 saturated heterocycles. The van der Waals surface area contributed by atoms with Gasteiger partial charge in [0.15, 0.2) is 11.0 Å². The topological polar surface area (TPSA) is 98.9 Å². The van der Waals surface area contributed by atoms with Crippen LogP contribution in [0.2, 0.25) is 4.34 Å². The Morgan fingerprint density at radius 2 is 1.97 bits per heavy atom. The number of nitrogens with zero attached hydrogens (tertiary/aromatic N) is 4. The average Bonchev–Trinajstić information content (AvgIpc) is 3.54. The van der Waals surface area contributed by atoms with Crippen LogP contribution in [0.1, 0.15) is 40.2 Å². The van der Waals surface area contributed by atoms with E-state index < -0.39 is 29.2 Å². The highest BCUT2D eigenvalue weighted by molar-refractivity contribution is 7.16. The van der Waals surface area contributed by atoms with E-state index in [0.29, 0.717) is 16.7 Å². The number of carbonyl (C=O) groups excluding carboxylic acids is 2. The molecule has 12 heteroatoms. The molecular formula is C23H21ClFN5O3S2. The van der Waals surface area contributed by atoms with Gasteiger partial charge in [0.05, 0.1) is 23.1 Å². The van der Waals surface area contributed by atoms with Crippen LogP contribution in [0.3, 0.4) is 0 Å². The second-order valence-electron chi connectivity index (χ2n) is 8.69. The van der Waals surface area contributed by atoms with Gasteiger partial charge in [0.2, 0.25) is 5.78 Å². The fourth-order valence-electron chi connectivity index (χ4n) is 3.18. The number of thiazole rings is 1. The van der Waals surface area contributed by atoms with Crippen molar-refractivity contribution in [2.75, 3.05) is 5.32 Å². The summed E-state index contributed by atoms with van der Waals surface area (Å²) in [4.78, 5) is 42.8. The number of Topliss-reactive ketones (excluding diaryl/α,β-unsaturated/α-hetero) is 1. The standard InChI is InChI=1S/C23H21ClFN5O3S2/c1-23(2,3)22(33)30-19(27-11-14-4-5-17(24)35-14)10-15(28-30)13-8-18(25)29(20(32)9-13)12-16(31)21-26-6-7-34-21/h4-10,27H,11-12H2,1-3H3. The molecule has 0 unspecified atom stereocenters. The maximum Gasteiger partial charge on any atom is 0.254 e. The van der Waals surface area contributed by atoms with Crippen molar-refractivity contribution in [1.82, 2.24) is 19.3 Å². The zero-order valence-electron chi connectivity index (χ0n) is 19.0. The Morgan fingerprint density at radius 3 is 2.57 bits per heavy atom. The number of pyridine rings is 1. The highest BCUT2D eigenvalue weighted by Gasteiger charge is 2.27. The zero-order chi connectivity index (χ0) is 25.3. The maximum atomic E-state index is 14.9. The van der Waals surface area contributed by atoms with Crippen molar-refractivity contribution in [1.29, 1.82) is 0 Å². The van der Waals surface area contributed by atoms with Crippen molar-refractivity contribution in [3.63, 3.8) is 0 Å². The second kappa shape index (κ2) is 9.84. The number of rotatable bonds is 7. The van der Waals surface area contributed by atoms with Gasteiger partial charge in [-0.05, 0) is 12.1 Å². The Labute approximate surface area is 213 Å². The zero-order valence-corrected chi connectivity index (χ0v) is 21.4. The van der Waals surface area contributed by atoms with Crippen LogP contribution in [0.4, 0.5) is 10.2 Å². The normalized spacial score (nSPS) is 11.6. The van der Waals surface area contributed by atoms with Gasteiger partial charge in [0.25, 0.3) is 11.5 Å². The summed E-state index contributed by atoms with van der Waals surface area (Å²) in [5.74, 6) is -1.24. The summed E-state index contributed by atoms with van der Waals surface area (Å²) in [5.41, 5.74) is -1.02. The molecule has 0 radical (unpaired) electrons.